The molecule has 0 aromatic heterocycles. The number of hydrogen-bond acceptors (Lipinski definition) is 2. The van der Waals surface area contributed by atoms with E-state index >= 15 is 0 Å². The van der Waals surface area contributed by atoms with Gasteiger partial charge in [0.25, 0.3) is 0 Å². The predicted molar refractivity (Wildman–Crippen MR) is 81.5 cm³/mol. The minimum Gasteiger partial charge on any atom is -0.423 e. The Bertz CT molecular complexity index is 595. The quantitative estimate of drug-likeness (QED) is 0.353. The second-order valence-corrected chi connectivity index (χ2v) is 4.30. The maximum Gasteiger partial charge on any atom is 0.336 e. The topological polar surface area (TPSA) is 26.3 Å². The van der Waals surface area contributed by atoms with E-state index in [-0.39, 0.29) is 5.97 Å². The van der Waals surface area contributed by atoms with Gasteiger partial charge in [-0.25, -0.2) is 4.79 Å². The zero-order chi connectivity index (χ0) is 14.2. The highest BCUT2D eigenvalue weighted by molar-refractivity contribution is 5.88. The fourth-order valence-electron chi connectivity index (χ4n) is 1.73. The van der Waals surface area contributed by atoms with Gasteiger partial charge in [-0.2, -0.15) is 0 Å². The maximum absolute atomic E-state index is 11.6. The summed E-state index contributed by atoms with van der Waals surface area (Å²) in [6, 6.07) is 17.0. The lowest BCUT2D eigenvalue weighted by molar-refractivity contribution is -0.128. The van der Waals surface area contributed by atoms with E-state index in [2.05, 4.69) is 6.58 Å². The van der Waals surface area contributed by atoms with E-state index in [9.17, 15) is 4.79 Å². The van der Waals surface area contributed by atoms with Gasteiger partial charge >= 0.3 is 5.97 Å². The number of carbonyl (C=O) groups excluding carboxylic acids is 1. The van der Waals surface area contributed by atoms with Crippen molar-refractivity contribution in [3.63, 3.8) is 0 Å². The van der Waals surface area contributed by atoms with Gasteiger partial charge in [0.05, 0.1) is 0 Å². The Labute approximate surface area is 119 Å². The number of para-hydroxylation sites is 1. The molecule has 0 aliphatic heterocycles. The predicted octanol–water partition coefficient (Wildman–Crippen LogP) is 4.03. The number of rotatable bonds is 5. The molecule has 2 aromatic rings. The molecule has 0 N–H and O–H groups in total. The van der Waals surface area contributed by atoms with Crippen molar-refractivity contribution in [1.29, 1.82) is 0 Å². The lowest BCUT2D eigenvalue weighted by Crippen LogP contribution is -2.03. The first-order valence-corrected chi connectivity index (χ1v) is 6.43. The molecule has 0 radical (unpaired) electrons. The van der Waals surface area contributed by atoms with Crippen LogP contribution < -0.4 is 4.74 Å². The normalized spacial score (nSPS) is 10.4. The third kappa shape index (κ3) is 4.25. The standard InChI is InChI=1S/C18H16O2/c1-2-6-15-9-11-16(12-10-15)13-14-18(19)20-17-7-4-3-5-8-17/h2-5,7-14H,1,6H2. The molecule has 0 atom stereocenters. The molecule has 0 bridgehead atoms. The summed E-state index contributed by atoms with van der Waals surface area (Å²) in [5.74, 6) is 0.162. The van der Waals surface area contributed by atoms with Gasteiger partial charge in [0.2, 0.25) is 0 Å². The summed E-state index contributed by atoms with van der Waals surface area (Å²) in [6.45, 7) is 3.70. The fourth-order valence-corrected chi connectivity index (χ4v) is 1.73. The minimum atomic E-state index is -0.383. The fraction of sp³-hybridized carbons (Fsp3) is 0.0556. The average molecular weight is 264 g/mol. The molecule has 2 aromatic carbocycles. The van der Waals surface area contributed by atoms with E-state index in [1.54, 1.807) is 18.2 Å². The highest BCUT2D eigenvalue weighted by Gasteiger charge is 1.99. The van der Waals surface area contributed by atoms with Gasteiger partial charge in [-0.15, -0.1) is 6.58 Å². The Morgan fingerprint density at radius 2 is 1.75 bits per heavy atom. The third-order valence-electron chi connectivity index (χ3n) is 2.73. The third-order valence-corrected chi connectivity index (χ3v) is 2.73. The SMILES string of the molecule is C=CCc1ccc(C=CC(=O)Oc2ccccc2)cc1. The first-order valence-electron chi connectivity index (χ1n) is 6.43. The van der Waals surface area contributed by atoms with Crippen molar-refractivity contribution in [2.45, 2.75) is 6.42 Å². The molecular weight excluding hydrogens is 248 g/mol. The van der Waals surface area contributed by atoms with Gasteiger partial charge in [0.1, 0.15) is 5.75 Å². The molecule has 0 amide bonds. The lowest BCUT2D eigenvalue weighted by Gasteiger charge is -2.00. The van der Waals surface area contributed by atoms with Crippen LogP contribution in [0.5, 0.6) is 5.75 Å². The Morgan fingerprint density at radius 1 is 1.05 bits per heavy atom. The second kappa shape index (κ2) is 7.10. The summed E-state index contributed by atoms with van der Waals surface area (Å²) in [4.78, 5) is 11.6. The Balaban J connectivity index is 1.95. The highest BCUT2D eigenvalue weighted by atomic mass is 16.5. The molecule has 0 unspecified atom stereocenters. The van der Waals surface area contributed by atoms with E-state index in [1.165, 1.54) is 11.6 Å². The Kier molecular flexibility index (Phi) is 4.90. The Morgan fingerprint density at radius 3 is 2.40 bits per heavy atom. The van der Waals surface area contributed by atoms with Crippen LogP contribution in [0.4, 0.5) is 0 Å². The average Bonchev–Trinajstić information content (AvgIpc) is 2.48. The van der Waals surface area contributed by atoms with Crippen molar-refractivity contribution >= 4 is 12.0 Å². The van der Waals surface area contributed by atoms with Gasteiger partial charge in [0, 0.05) is 6.08 Å². The first-order chi connectivity index (χ1) is 9.78. The van der Waals surface area contributed by atoms with Crippen LogP contribution in [0, 0.1) is 0 Å². The van der Waals surface area contributed by atoms with Crippen LogP contribution in [0.2, 0.25) is 0 Å². The molecule has 100 valence electrons. The maximum atomic E-state index is 11.6. The summed E-state index contributed by atoms with van der Waals surface area (Å²) in [5, 5.41) is 0. The van der Waals surface area contributed by atoms with Crippen molar-refractivity contribution < 1.29 is 9.53 Å². The molecule has 20 heavy (non-hydrogen) atoms. The zero-order valence-electron chi connectivity index (χ0n) is 11.2. The number of allylic oxidation sites excluding steroid dienone is 1. The van der Waals surface area contributed by atoms with Crippen LogP contribution in [0.3, 0.4) is 0 Å². The van der Waals surface area contributed by atoms with E-state index < -0.39 is 0 Å². The number of esters is 1. The van der Waals surface area contributed by atoms with Crippen molar-refractivity contribution in [2.75, 3.05) is 0 Å². The molecule has 0 fully saturated rings. The molecule has 2 heteroatoms. The highest BCUT2D eigenvalue weighted by Crippen LogP contribution is 2.10. The van der Waals surface area contributed by atoms with Crippen molar-refractivity contribution in [3.05, 3.63) is 84.5 Å². The summed E-state index contributed by atoms with van der Waals surface area (Å²) in [7, 11) is 0. The monoisotopic (exact) mass is 264 g/mol. The van der Waals surface area contributed by atoms with Crippen LogP contribution in [-0.4, -0.2) is 5.97 Å². The molecule has 0 aliphatic rings. The molecule has 2 nitrogen and oxygen atoms in total. The largest absolute Gasteiger partial charge is 0.423 e. The molecule has 0 aliphatic carbocycles. The van der Waals surface area contributed by atoms with E-state index in [4.69, 9.17) is 4.74 Å². The molecule has 0 saturated carbocycles. The van der Waals surface area contributed by atoms with Crippen molar-refractivity contribution in [2.24, 2.45) is 0 Å². The van der Waals surface area contributed by atoms with Crippen LogP contribution in [0.1, 0.15) is 11.1 Å². The summed E-state index contributed by atoms with van der Waals surface area (Å²) >= 11 is 0. The van der Waals surface area contributed by atoms with Gasteiger partial charge in [-0.05, 0) is 35.8 Å². The van der Waals surface area contributed by atoms with Crippen molar-refractivity contribution in [3.8, 4) is 5.75 Å². The lowest BCUT2D eigenvalue weighted by atomic mass is 10.1. The van der Waals surface area contributed by atoms with E-state index in [0.717, 1.165) is 12.0 Å². The Hall–Kier alpha value is -2.61. The molecule has 0 spiro atoms. The van der Waals surface area contributed by atoms with E-state index in [0.29, 0.717) is 5.75 Å². The summed E-state index contributed by atoms with van der Waals surface area (Å²) in [6.07, 6.45) is 5.88. The summed E-state index contributed by atoms with van der Waals surface area (Å²) in [5.41, 5.74) is 2.16. The van der Waals surface area contributed by atoms with Crippen LogP contribution in [0.25, 0.3) is 6.08 Å². The smallest absolute Gasteiger partial charge is 0.336 e. The second-order valence-electron chi connectivity index (χ2n) is 4.30. The number of benzene rings is 2. The van der Waals surface area contributed by atoms with Crippen LogP contribution >= 0.6 is 0 Å². The minimum absolute atomic E-state index is 0.383. The van der Waals surface area contributed by atoms with Gasteiger partial charge in [-0.3, -0.25) is 0 Å². The number of hydrogen-bond donors (Lipinski definition) is 0. The first kappa shape index (κ1) is 13.8. The van der Waals surface area contributed by atoms with Gasteiger partial charge in [0.15, 0.2) is 0 Å². The van der Waals surface area contributed by atoms with E-state index in [1.807, 2.05) is 48.5 Å². The van der Waals surface area contributed by atoms with Gasteiger partial charge < -0.3 is 4.74 Å². The molecular formula is C18H16O2. The number of ether oxygens (including phenoxy) is 1. The summed E-state index contributed by atoms with van der Waals surface area (Å²) < 4.78 is 5.16. The zero-order valence-corrected chi connectivity index (χ0v) is 11.2. The van der Waals surface area contributed by atoms with Crippen LogP contribution in [0.15, 0.2) is 73.3 Å². The van der Waals surface area contributed by atoms with Crippen molar-refractivity contribution in [1.82, 2.24) is 0 Å². The van der Waals surface area contributed by atoms with Crippen LogP contribution in [-0.2, 0) is 11.2 Å². The number of carbonyl (C=O) groups is 1. The molecule has 0 saturated heterocycles. The van der Waals surface area contributed by atoms with Gasteiger partial charge in [-0.1, -0.05) is 48.5 Å². The molecule has 2 rings (SSSR count). The molecule has 0 heterocycles.